The highest BCUT2D eigenvalue weighted by atomic mass is 32.2. The molecule has 1 aliphatic rings. The molecule has 0 unspecified atom stereocenters. The molecule has 1 N–H and O–H groups in total. The Hall–Kier alpha value is -2.12. The van der Waals surface area contributed by atoms with Gasteiger partial charge in [0.05, 0.1) is 17.3 Å². The first-order valence-electron chi connectivity index (χ1n) is 8.52. The predicted molar refractivity (Wildman–Crippen MR) is 111 cm³/mol. The van der Waals surface area contributed by atoms with Crippen LogP contribution in [0, 0.1) is 6.92 Å². The number of amides is 1. The number of hydrogen-bond donors (Lipinski definition) is 1. The van der Waals surface area contributed by atoms with Gasteiger partial charge in [0.1, 0.15) is 5.75 Å². The van der Waals surface area contributed by atoms with Gasteiger partial charge in [-0.25, -0.2) is 4.79 Å². The monoisotopic (exact) mass is 403 g/mol. The summed E-state index contributed by atoms with van der Waals surface area (Å²) in [6.45, 7) is 1.66. The van der Waals surface area contributed by atoms with Crippen LogP contribution in [-0.4, -0.2) is 37.1 Å². The second-order valence-corrected chi connectivity index (χ2v) is 8.67. The van der Waals surface area contributed by atoms with E-state index >= 15 is 0 Å². The van der Waals surface area contributed by atoms with Crippen LogP contribution in [0.4, 0.5) is 5.69 Å². The summed E-state index contributed by atoms with van der Waals surface area (Å²) in [6, 6.07) is 13.0. The SMILES string of the molecule is COC(=O)c1cccc(NC(=O)COc2ccc(C3SCCS3)cc2)c1C. The van der Waals surface area contributed by atoms with E-state index in [0.717, 1.165) is 0 Å². The van der Waals surface area contributed by atoms with Crippen LogP contribution >= 0.6 is 23.5 Å². The lowest BCUT2D eigenvalue weighted by Crippen LogP contribution is -2.21. The van der Waals surface area contributed by atoms with Crippen molar-refractivity contribution in [3.05, 3.63) is 59.2 Å². The first kappa shape index (κ1) is 19.6. The van der Waals surface area contributed by atoms with Crippen LogP contribution in [0.5, 0.6) is 5.75 Å². The standard InChI is InChI=1S/C20H21NO4S2/c1-13-16(19(23)24-2)4-3-5-17(13)21-18(22)12-25-15-8-6-14(7-9-15)20-26-10-11-27-20/h3-9,20H,10-12H2,1-2H3,(H,21,22). The number of hydrogen-bond acceptors (Lipinski definition) is 6. The van der Waals surface area contributed by atoms with Gasteiger partial charge in [0, 0.05) is 17.2 Å². The van der Waals surface area contributed by atoms with Crippen LogP contribution in [0.1, 0.15) is 26.1 Å². The van der Waals surface area contributed by atoms with Crippen LogP contribution in [0.3, 0.4) is 0 Å². The molecule has 0 aliphatic carbocycles. The summed E-state index contributed by atoms with van der Waals surface area (Å²) >= 11 is 3.90. The first-order valence-corrected chi connectivity index (χ1v) is 10.6. The third-order valence-electron chi connectivity index (χ3n) is 4.16. The van der Waals surface area contributed by atoms with Gasteiger partial charge in [-0.05, 0) is 42.3 Å². The predicted octanol–water partition coefficient (Wildman–Crippen LogP) is 4.28. The van der Waals surface area contributed by atoms with Crippen LogP contribution in [-0.2, 0) is 9.53 Å². The number of anilines is 1. The molecule has 1 heterocycles. The molecule has 1 fully saturated rings. The van der Waals surface area contributed by atoms with E-state index in [-0.39, 0.29) is 12.5 Å². The van der Waals surface area contributed by atoms with Crippen LogP contribution in [0.25, 0.3) is 0 Å². The van der Waals surface area contributed by atoms with Gasteiger partial charge < -0.3 is 14.8 Å². The molecule has 1 amide bonds. The van der Waals surface area contributed by atoms with Gasteiger partial charge in [-0.15, -0.1) is 23.5 Å². The molecule has 2 aromatic rings. The minimum absolute atomic E-state index is 0.103. The molecule has 0 saturated carbocycles. The zero-order valence-electron chi connectivity index (χ0n) is 15.2. The third-order valence-corrected chi connectivity index (χ3v) is 7.26. The summed E-state index contributed by atoms with van der Waals surface area (Å²) in [5.41, 5.74) is 2.93. The summed E-state index contributed by atoms with van der Waals surface area (Å²) in [7, 11) is 1.33. The molecule has 5 nitrogen and oxygen atoms in total. The molecule has 1 aliphatic heterocycles. The van der Waals surface area contributed by atoms with Crippen molar-refractivity contribution >= 4 is 41.1 Å². The second kappa shape index (κ2) is 9.19. The second-order valence-electron chi connectivity index (χ2n) is 5.95. The normalized spacial score (nSPS) is 14.0. The summed E-state index contributed by atoms with van der Waals surface area (Å²) in [6.07, 6.45) is 0. The van der Waals surface area contributed by atoms with E-state index in [2.05, 4.69) is 5.32 Å². The van der Waals surface area contributed by atoms with E-state index in [0.29, 0.717) is 27.1 Å². The van der Waals surface area contributed by atoms with Crippen molar-refractivity contribution in [2.24, 2.45) is 0 Å². The maximum atomic E-state index is 12.2. The highest BCUT2D eigenvalue weighted by Gasteiger charge is 2.18. The van der Waals surface area contributed by atoms with Gasteiger partial charge in [0.15, 0.2) is 6.61 Å². The highest BCUT2D eigenvalue weighted by molar-refractivity contribution is 8.19. The highest BCUT2D eigenvalue weighted by Crippen LogP contribution is 2.45. The first-order chi connectivity index (χ1) is 13.1. The number of carbonyl (C=O) groups excluding carboxylic acids is 2. The summed E-state index contributed by atoms with van der Waals surface area (Å²) in [5, 5.41) is 2.78. The molecular formula is C20H21NO4S2. The fraction of sp³-hybridized carbons (Fsp3) is 0.300. The largest absolute Gasteiger partial charge is 0.484 e. The molecule has 7 heteroatoms. The average molecular weight is 404 g/mol. The van der Waals surface area contributed by atoms with Gasteiger partial charge in [0.25, 0.3) is 5.91 Å². The molecule has 0 spiro atoms. The van der Waals surface area contributed by atoms with Crippen molar-refractivity contribution in [2.75, 3.05) is 30.5 Å². The molecule has 142 valence electrons. The number of rotatable bonds is 6. The molecule has 0 atom stereocenters. The molecule has 1 saturated heterocycles. The van der Waals surface area contributed by atoms with Crippen LogP contribution < -0.4 is 10.1 Å². The van der Waals surface area contributed by atoms with Gasteiger partial charge >= 0.3 is 5.97 Å². The topological polar surface area (TPSA) is 64.6 Å². The van der Waals surface area contributed by atoms with Crippen LogP contribution in [0.15, 0.2) is 42.5 Å². The number of thioether (sulfide) groups is 2. The Labute approximate surface area is 167 Å². The molecule has 0 aromatic heterocycles. The third kappa shape index (κ3) is 4.99. The van der Waals surface area contributed by atoms with Gasteiger partial charge in [0.2, 0.25) is 0 Å². The smallest absolute Gasteiger partial charge is 0.338 e. The maximum absolute atomic E-state index is 12.2. The minimum atomic E-state index is -0.432. The maximum Gasteiger partial charge on any atom is 0.338 e. The van der Waals surface area contributed by atoms with Gasteiger partial charge in [-0.3, -0.25) is 4.79 Å². The molecule has 2 aromatic carbocycles. The Morgan fingerprint density at radius 2 is 1.81 bits per heavy atom. The fourth-order valence-corrected chi connectivity index (χ4v) is 5.57. The van der Waals surface area contributed by atoms with Crippen molar-refractivity contribution in [1.29, 1.82) is 0 Å². The molecule has 27 heavy (non-hydrogen) atoms. The Morgan fingerprint density at radius 1 is 1.11 bits per heavy atom. The number of methoxy groups -OCH3 is 1. The van der Waals surface area contributed by atoms with Crippen molar-refractivity contribution in [3.63, 3.8) is 0 Å². The Balaban J connectivity index is 1.56. The number of carbonyl (C=O) groups is 2. The zero-order valence-corrected chi connectivity index (χ0v) is 16.8. The minimum Gasteiger partial charge on any atom is -0.484 e. The Bertz CT molecular complexity index is 817. The van der Waals surface area contributed by atoms with Gasteiger partial charge in [-0.2, -0.15) is 0 Å². The molecular weight excluding hydrogens is 382 g/mol. The summed E-state index contributed by atoms with van der Waals surface area (Å²) < 4.78 is 10.8. The molecule has 0 bridgehead atoms. The summed E-state index contributed by atoms with van der Waals surface area (Å²) in [5.74, 6) is 2.31. The van der Waals surface area contributed by atoms with Crippen LogP contribution in [0.2, 0.25) is 0 Å². The Morgan fingerprint density at radius 3 is 2.48 bits per heavy atom. The zero-order chi connectivity index (χ0) is 19.2. The number of nitrogens with one attached hydrogen (secondary N) is 1. The number of benzene rings is 2. The number of ether oxygens (including phenoxy) is 2. The van der Waals surface area contributed by atoms with E-state index < -0.39 is 5.97 Å². The summed E-state index contributed by atoms with van der Waals surface area (Å²) in [4.78, 5) is 23.9. The lowest BCUT2D eigenvalue weighted by Gasteiger charge is -2.12. The van der Waals surface area contributed by atoms with E-state index in [1.54, 1.807) is 25.1 Å². The average Bonchev–Trinajstić information content (AvgIpc) is 3.22. The lowest BCUT2D eigenvalue weighted by atomic mass is 10.1. The van der Waals surface area contributed by atoms with Crippen molar-refractivity contribution in [1.82, 2.24) is 0 Å². The van der Waals surface area contributed by atoms with E-state index in [1.807, 2.05) is 47.8 Å². The van der Waals surface area contributed by atoms with E-state index in [4.69, 9.17) is 9.47 Å². The van der Waals surface area contributed by atoms with Crippen molar-refractivity contribution in [2.45, 2.75) is 11.5 Å². The molecule has 3 rings (SSSR count). The van der Waals surface area contributed by atoms with Crippen molar-refractivity contribution < 1.29 is 19.1 Å². The molecule has 0 radical (unpaired) electrons. The lowest BCUT2D eigenvalue weighted by molar-refractivity contribution is -0.118. The quantitative estimate of drug-likeness (QED) is 0.727. The fourth-order valence-electron chi connectivity index (χ4n) is 2.71. The van der Waals surface area contributed by atoms with E-state index in [1.165, 1.54) is 24.2 Å². The van der Waals surface area contributed by atoms with E-state index in [9.17, 15) is 9.59 Å². The van der Waals surface area contributed by atoms with Gasteiger partial charge in [-0.1, -0.05) is 18.2 Å². The Kier molecular flexibility index (Phi) is 6.68. The van der Waals surface area contributed by atoms with Crippen molar-refractivity contribution in [3.8, 4) is 5.75 Å². The number of esters is 1.